The van der Waals surface area contributed by atoms with Gasteiger partial charge in [0, 0.05) is 18.5 Å². The number of nitrogens with zero attached hydrogens (tertiary/aromatic N) is 3. The Hall–Kier alpha value is -2.68. The minimum absolute atomic E-state index is 0.0474. The zero-order chi connectivity index (χ0) is 16.6. The Balaban J connectivity index is 1.94. The van der Waals surface area contributed by atoms with Gasteiger partial charge in [0.25, 0.3) is 5.91 Å². The van der Waals surface area contributed by atoms with Crippen molar-refractivity contribution in [1.82, 2.24) is 19.9 Å². The van der Waals surface area contributed by atoms with E-state index in [1.54, 1.807) is 37.4 Å². The minimum atomic E-state index is -3.56. The van der Waals surface area contributed by atoms with E-state index >= 15 is 0 Å². The number of carbonyl (C=O) groups is 1. The van der Waals surface area contributed by atoms with Crippen LogP contribution in [0.25, 0.3) is 5.52 Å². The Morgan fingerprint density at radius 2 is 2.17 bits per heavy atom. The molecule has 0 radical (unpaired) electrons. The first-order valence-corrected chi connectivity index (χ1v) is 8.63. The molecule has 0 fully saturated rings. The Kier molecular flexibility index (Phi) is 3.64. The standard InChI is InChI=1S/C14H14N4O4S/c1-9-7-10(17-22-9)8-15-13(19)12-11-5-3-4-6-18(11)14(16-12)23(2,20)21/h3-7H,8H2,1-2H3,(H,15,19). The van der Waals surface area contributed by atoms with E-state index in [0.29, 0.717) is 17.0 Å². The van der Waals surface area contributed by atoms with Crippen LogP contribution in [-0.4, -0.2) is 35.1 Å². The van der Waals surface area contributed by atoms with E-state index in [4.69, 9.17) is 4.52 Å². The van der Waals surface area contributed by atoms with Crippen LogP contribution in [0.15, 0.2) is 40.1 Å². The van der Waals surface area contributed by atoms with E-state index < -0.39 is 15.7 Å². The van der Waals surface area contributed by atoms with Crippen molar-refractivity contribution in [3.05, 3.63) is 47.6 Å². The first kappa shape index (κ1) is 15.2. The first-order chi connectivity index (χ1) is 10.9. The summed E-state index contributed by atoms with van der Waals surface area (Å²) in [6.45, 7) is 1.91. The fraction of sp³-hybridized carbons (Fsp3) is 0.214. The van der Waals surface area contributed by atoms with E-state index in [1.807, 2.05) is 0 Å². The van der Waals surface area contributed by atoms with Gasteiger partial charge in [0.2, 0.25) is 15.0 Å². The number of hydrogen-bond acceptors (Lipinski definition) is 6. The summed E-state index contributed by atoms with van der Waals surface area (Å²) >= 11 is 0. The molecule has 0 aliphatic heterocycles. The fourth-order valence-electron chi connectivity index (χ4n) is 2.19. The second-order valence-corrected chi connectivity index (χ2v) is 6.99. The Morgan fingerprint density at radius 1 is 1.39 bits per heavy atom. The van der Waals surface area contributed by atoms with E-state index in [9.17, 15) is 13.2 Å². The van der Waals surface area contributed by atoms with E-state index in [-0.39, 0.29) is 17.4 Å². The number of nitrogens with one attached hydrogen (secondary N) is 1. The van der Waals surface area contributed by atoms with Crippen molar-refractivity contribution < 1.29 is 17.7 Å². The lowest BCUT2D eigenvalue weighted by Gasteiger charge is -2.00. The van der Waals surface area contributed by atoms with Gasteiger partial charge in [0.1, 0.15) is 11.5 Å². The molecular weight excluding hydrogens is 320 g/mol. The zero-order valence-electron chi connectivity index (χ0n) is 12.5. The fourth-order valence-corrected chi connectivity index (χ4v) is 2.97. The van der Waals surface area contributed by atoms with Crippen LogP contribution in [0.1, 0.15) is 21.9 Å². The lowest BCUT2D eigenvalue weighted by Crippen LogP contribution is -2.23. The molecule has 0 saturated carbocycles. The molecule has 23 heavy (non-hydrogen) atoms. The molecule has 0 aliphatic rings. The van der Waals surface area contributed by atoms with Crippen molar-refractivity contribution in [1.29, 1.82) is 0 Å². The molecule has 0 atom stereocenters. The highest BCUT2D eigenvalue weighted by atomic mass is 32.2. The normalized spacial score (nSPS) is 11.7. The molecule has 3 aromatic heterocycles. The quantitative estimate of drug-likeness (QED) is 0.762. The maximum atomic E-state index is 12.3. The van der Waals surface area contributed by atoms with E-state index in [1.165, 1.54) is 4.40 Å². The van der Waals surface area contributed by atoms with Crippen LogP contribution in [-0.2, 0) is 16.4 Å². The Morgan fingerprint density at radius 3 is 2.83 bits per heavy atom. The van der Waals surface area contributed by atoms with Crippen molar-refractivity contribution in [2.45, 2.75) is 18.6 Å². The van der Waals surface area contributed by atoms with Crippen molar-refractivity contribution >= 4 is 21.3 Å². The van der Waals surface area contributed by atoms with Crippen LogP contribution >= 0.6 is 0 Å². The maximum Gasteiger partial charge on any atom is 0.272 e. The number of aryl methyl sites for hydroxylation is 1. The molecule has 1 amide bonds. The molecule has 8 nitrogen and oxygen atoms in total. The number of rotatable bonds is 4. The molecule has 0 unspecified atom stereocenters. The monoisotopic (exact) mass is 334 g/mol. The summed E-state index contributed by atoms with van der Waals surface area (Å²) in [7, 11) is -3.56. The minimum Gasteiger partial charge on any atom is -0.361 e. The van der Waals surface area contributed by atoms with Crippen molar-refractivity contribution in [3.8, 4) is 0 Å². The van der Waals surface area contributed by atoms with Gasteiger partial charge in [-0.25, -0.2) is 13.4 Å². The second kappa shape index (κ2) is 5.51. The number of fused-ring (bicyclic) bond motifs is 1. The predicted molar refractivity (Wildman–Crippen MR) is 80.7 cm³/mol. The summed E-state index contributed by atoms with van der Waals surface area (Å²) in [4.78, 5) is 16.3. The lowest BCUT2D eigenvalue weighted by molar-refractivity contribution is 0.0947. The van der Waals surface area contributed by atoms with Crippen molar-refractivity contribution in [2.75, 3.05) is 6.26 Å². The third-order valence-electron chi connectivity index (χ3n) is 3.17. The maximum absolute atomic E-state index is 12.3. The number of aromatic nitrogens is 3. The van der Waals surface area contributed by atoms with Crippen molar-refractivity contribution in [3.63, 3.8) is 0 Å². The van der Waals surface area contributed by atoms with Crippen LogP contribution in [0.3, 0.4) is 0 Å². The Bertz CT molecular complexity index is 987. The zero-order valence-corrected chi connectivity index (χ0v) is 13.3. The molecule has 0 aliphatic carbocycles. The smallest absolute Gasteiger partial charge is 0.272 e. The topological polar surface area (TPSA) is 107 Å². The van der Waals surface area contributed by atoms with Crippen LogP contribution in [0.2, 0.25) is 0 Å². The molecule has 0 spiro atoms. The summed E-state index contributed by atoms with van der Waals surface area (Å²) in [5.74, 6) is 0.158. The van der Waals surface area contributed by atoms with Crippen LogP contribution in [0, 0.1) is 6.92 Å². The van der Waals surface area contributed by atoms with Crippen molar-refractivity contribution in [2.24, 2.45) is 0 Å². The van der Waals surface area contributed by atoms with E-state index in [0.717, 1.165) is 6.26 Å². The van der Waals surface area contributed by atoms with E-state index in [2.05, 4.69) is 15.5 Å². The summed E-state index contributed by atoms with van der Waals surface area (Å²) in [6, 6.07) is 6.72. The van der Waals surface area contributed by atoms with Gasteiger partial charge in [-0.05, 0) is 19.1 Å². The number of imidazole rings is 1. The van der Waals surface area contributed by atoms with Crippen LogP contribution < -0.4 is 5.32 Å². The third kappa shape index (κ3) is 2.95. The van der Waals surface area contributed by atoms with Gasteiger partial charge in [-0.3, -0.25) is 9.20 Å². The first-order valence-electron chi connectivity index (χ1n) is 6.74. The van der Waals surface area contributed by atoms with Gasteiger partial charge in [-0.1, -0.05) is 11.2 Å². The van der Waals surface area contributed by atoms with Gasteiger partial charge in [-0.15, -0.1) is 0 Å². The van der Waals surface area contributed by atoms with Gasteiger partial charge >= 0.3 is 0 Å². The molecule has 0 aromatic carbocycles. The summed E-state index contributed by atoms with van der Waals surface area (Å²) < 4.78 is 30.0. The SMILES string of the molecule is Cc1cc(CNC(=O)c2nc(S(C)(=O)=O)n3ccccc23)no1. The highest BCUT2D eigenvalue weighted by molar-refractivity contribution is 7.90. The number of hydrogen-bond donors (Lipinski definition) is 1. The van der Waals surface area contributed by atoms with Gasteiger partial charge in [0.05, 0.1) is 12.1 Å². The summed E-state index contributed by atoms with van der Waals surface area (Å²) in [6.07, 6.45) is 2.60. The van der Waals surface area contributed by atoms with Crippen LogP contribution in [0.5, 0.6) is 0 Å². The summed E-state index contributed by atoms with van der Waals surface area (Å²) in [5, 5.41) is 6.26. The molecule has 3 heterocycles. The second-order valence-electron chi connectivity index (χ2n) is 5.08. The molecule has 0 bridgehead atoms. The number of amides is 1. The lowest BCUT2D eigenvalue weighted by atomic mass is 10.3. The molecule has 120 valence electrons. The largest absolute Gasteiger partial charge is 0.361 e. The van der Waals surface area contributed by atoms with Gasteiger partial charge < -0.3 is 9.84 Å². The van der Waals surface area contributed by atoms with Gasteiger partial charge in [0.15, 0.2) is 5.69 Å². The number of pyridine rings is 1. The highest BCUT2D eigenvalue weighted by Gasteiger charge is 2.22. The molecular formula is C14H14N4O4S. The predicted octanol–water partition coefficient (Wildman–Crippen LogP) is 0.964. The average molecular weight is 334 g/mol. The highest BCUT2D eigenvalue weighted by Crippen LogP contribution is 2.17. The van der Waals surface area contributed by atoms with Crippen LogP contribution in [0.4, 0.5) is 0 Å². The third-order valence-corrected chi connectivity index (χ3v) is 4.12. The number of sulfone groups is 1. The Labute approximate surface area is 132 Å². The average Bonchev–Trinajstić information content (AvgIpc) is 3.08. The molecule has 3 rings (SSSR count). The summed E-state index contributed by atoms with van der Waals surface area (Å²) in [5.41, 5.74) is 1.04. The molecule has 0 saturated heterocycles. The molecule has 3 aromatic rings. The number of carbonyl (C=O) groups excluding carboxylic acids is 1. The molecule has 1 N–H and O–H groups in total. The molecule has 9 heteroatoms. The van der Waals surface area contributed by atoms with Gasteiger partial charge in [-0.2, -0.15) is 0 Å².